The molecule has 2 aromatic rings. The smallest absolute Gasteiger partial charge is 0.262 e. The van der Waals surface area contributed by atoms with E-state index in [2.05, 4.69) is 23.3 Å². The molecule has 1 aromatic carbocycles. The topological polar surface area (TPSA) is 45.2 Å². The molecule has 0 saturated heterocycles. The maximum atomic E-state index is 13.0. The van der Waals surface area contributed by atoms with Crippen LogP contribution in [0, 0.1) is 6.92 Å². The van der Waals surface area contributed by atoms with Crippen LogP contribution < -0.4 is 10.2 Å². The number of pyridine rings is 1. The van der Waals surface area contributed by atoms with Gasteiger partial charge in [-0.2, -0.15) is 0 Å². The van der Waals surface area contributed by atoms with Crippen molar-refractivity contribution in [3.05, 3.63) is 53.3 Å². The Morgan fingerprint density at radius 2 is 2.14 bits per heavy atom. The standard InChI is InChI=1S/C17H19N3O/c1-11-8-15(18-3)14(10-19-11)17(21)20-12(2)9-13-6-4-5-7-16(13)20/h4-8,10,12H,9H2,1-3H3,(H,18,19). The summed E-state index contributed by atoms with van der Waals surface area (Å²) in [6.45, 7) is 4.00. The summed E-state index contributed by atoms with van der Waals surface area (Å²) < 4.78 is 0. The van der Waals surface area contributed by atoms with Crippen molar-refractivity contribution in [1.29, 1.82) is 0 Å². The summed E-state index contributed by atoms with van der Waals surface area (Å²) in [6, 6.07) is 10.2. The third-order valence-corrected chi connectivity index (χ3v) is 3.97. The lowest BCUT2D eigenvalue weighted by Gasteiger charge is -2.23. The van der Waals surface area contributed by atoms with Gasteiger partial charge < -0.3 is 10.2 Å². The number of carbonyl (C=O) groups excluding carboxylic acids is 1. The summed E-state index contributed by atoms with van der Waals surface area (Å²) in [5.41, 5.74) is 4.57. The number of hydrogen-bond acceptors (Lipinski definition) is 3. The highest BCUT2D eigenvalue weighted by Crippen LogP contribution is 2.34. The molecule has 1 aliphatic rings. The summed E-state index contributed by atoms with van der Waals surface area (Å²) in [7, 11) is 1.83. The molecule has 1 unspecified atom stereocenters. The molecule has 21 heavy (non-hydrogen) atoms. The minimum Gasteiger partial charge on any atom is -0.387 e. The molecule has 1 atom stereocenters. The predicted octanol–water partition coefficient (Wildman–Crippen LogP) is 3.02. The number of carbonyl (C=O) groups is 1. The van der Waals surface area contributed by atoms with Gasteiger partial charge in [-0.15, -0.1) is 0 Å². The van der Waals surface area contributed by atoms with Crippen molar-refractivity contribution < 1.29 is 4.79 Å². The molecule has 1 amide bonds. The first-order valence-electron chi connectivity index (χ1n) is 7.17. The van der Waals surface area contributed by atoms with E-state index in [-0.39, 0.29) is 11.9 Å². The Kier molecular flexibility index (Phi) is 3.37. The van der Waals surface area contributed by atoms with Crippen LogP contribution in [0.2, 0.25) is 0 Å². The van der Waals surface area contributed by atoms with Crippen molar-refractivity contribution in [2.45, 2.75) is 26.3 Å². The lowest BCUT2D eigenvalue weighted by atomic mass is 10.1. The van der Waals surface area contributed by atoms with E-state index in [0.29, 0.717) is 5.56 Å². The predicted molar refractivity (Wildman–Crippen MR) is 84.9 cm³/mol. The van der Waals surface area contributed by atoms with Crippen molar-refractivity contribution in [1.82, 2.24) is 4.98 Å². The number of hydrogen-bond donors (Lipinski definition) is 1. The van der Waals surface area contributed by atoms with Gasteiger partial charge in [0.25, 0.3) is 5.91 Å². The SMILES string of the molecule is CNc1cc(C)ncc1C(=O)N1c2ccccc2CC1C. The van der Waals surface area contributed by atoms with Crippen LogP contribution in [0.25, 0.3) is 0 Å². The molecule has 0 radical (unpaired) electrons. The van der Waals surface area contributed by atoms with Gasteiger partial charge in [0, 0.05) is 30.7 Å². The van der Waals surface area contributed by atoms with Crippen LogP contribution in [0.15, 0.2) is 36.5 Å². The van der Waals surface area contributed by atoms with Gasteiger partial charge >= 0.3 is 0 Å². The van der Waals surface area contributed by atoms with Gasteiger partial charge in [0.15, 0.2) is 0 Å². The highest BCUT2D eigenvalue weighted by Gasteiger charge is 2.32. The second-order valence-electron chi connectivity index (χ2n) is 5.48. The van der Waals surface area contributed by atoms with Crippen LogP contribution in [0.5, 0.6) is 0 Å². The van der Waals surface area contributed by atoms with E-state index >= 15 is 0 Å². The summed E-state index contributed by atoms with van der Waals surface area (Å²) >= 11 is 0. The maximum absolute atomic E-state index is 13.0. The zero-order chi connectivity index (χ0) is 15.0. The second-order valence-corrected chi connectivity index (χ2v) is 5.48. The Morgan fingerprint density at radius 1 is 1.38 bits per heavy atom. The number of fused-ring (bicyclic) bond motifs is 1. The van der Waals surface area contributed by atoms with Crippen molar-refractivity contribution in [3.8, 4) is 0 Å². The third kappa shape index (κ3) is 2.27. The van der Waals surface area contributed by atoms with Gasteiger partial charge in [0.05, 0.1) is 11.3 Å². The molecule has 0 spiro atoms. The van der Waals surface area contributed by atoms with Crippen molar-refractivity contribution in [2.75, 3.05) is 17.3 Å². The van der Waals surface area contributed by atoms with Crippen LogP contribution in [0.3, 0.4) is 0 Å². The Hall–Kier alpha value is -2.36. The Labute approximate surface area is 124 Å². The minimum absolute atomic E-state index is 0.00398. The van der Waals surface area contributed by atoms with E-state index in [1.807, 2.05) is 43.1 Å². The average Bonchev–Trinajstić information content (AvgIpc) is 2.82. The fourth-order valence-corrected chi connectivity index (χ4v) is 2.94. The van der Waals surface area contributed by atoms with Crippen LogP contribution in [-0.2, 0) is 6.42 Å². The fraction of sp³-hybridized carbons (Fsp3) is 0.294. The van der Waals surface area contributed by atoms with Crippen molar-refractivity contribution in [2.24, 2.45) is 0 Å². The number of amides is 1. The zero-order valence-electron chi connectivity index (χ0n) is 12.6. The Balaban J connectivity index is 2.03. The number of nitrogens with one attached hydrogen (secondary N) is 1. The van der Waals surface area contributed by atoms with Gasteiger partial charge in [0.2, 0.25) is 0 Å². The van der Waals surface area contributed by atoms with E-state index in [1.54, 1.807) is 6.20 Å². The molecule has 2 heterocycles. The van der Waals surface area contributed by atoms with Crippen molar-refractivity contribution in [3.63, 3.8) is 0 Å². The molecule has 1 N–H and O–H groups in total. The number of benzene rings is 1. The molecular weight excluding hydrogens is 262 g/mol. The number of rotatable bonds is 2. The molecule has 0 bridgehead atoms. The number of aromatic nitrogens is 1. The van der Waals surface area contributed by atoms with Gasteiger partial charge in [-0.25, -0.2) is 0 Å². The zero-order valence-corrected chi connectivity index (χ0v) is 12.6. The quantitative estimate of drug-likeness (QED) is 0.920. The highest BCUT2D eigenvalue weighted by molar-refractivity contribution is 6.10. The van der Waals surface area contributed by atoms with Crippen LogP contribution >= 0.6 is 0 Å². The lowest BCUT2D eigenvalue weighted by Crippen LogP contribution is -2.36. The normalized spacial score (nSPS) is 16.7. The fourth-order valence-electron chi connectivity index (χ4n) is 2.94. The number of anilines is 2. The number of nitrogens with zero attached hydrogens (tertiary/aromatic N) is 2. The Morgan fingerprint density at radius 3 is 2.90 bits per heavy atom. The largest absolute Gasteiger partial charge is 0.387 e. The third-order valence-electron chi connectivity index (χ3n) is 3.97. The molecule has 1 aliphatic heterocycles. The van der Waals surface area contributed by atoms with Gasteiger partial charge in [-0.3, -0.25) is 9.78 Å². The molecule has 4 heteroatoms. The van der Waals surface area contributed by atoms with Gasteiger partial charge in [-0.05, 0) is 38.0 Å². The van der Waals surface area contributed by atoms with Crippen LogP contribution in [0.1, 0.15) is 28.5 Å². The van der Waals surface area contributed by atoms with Crippen LogP contribution in [-0.4, -0.2) is 24.0 Å². The van der Waals surface area contributed by atoms with E-state index in [4.69, 9.17) is 0 Å². The second kappa shape index (κ2) is 5.20. The minimum atomic E-state index is 0.00398. The molecular formula is C17H19N3O. The molecule has 0 fully saturated rings. The van der Waals surface area contributed by atoms with E-state index in [0.717, 1.165) is 23.5 Å². The van der Waals surface area contributed by atoms with E-state index < -0.39 is 0 Å². The number of aryl methyl sites for hydroxylation is 1. The van der Waals surface area contributed by atoms with E-state index in [9.17, 15) is 4.79 Å². The summed E-state index contributed by atoms with van der Waals surface area (Å²) in [6.07, 6.45) is 2.56. The highest BCUT2D eigenvalue weighted by atomic mass is 16.2. The lowest BCUT2D eigenvalue weighted by molar-refractivity contribution is 0.0982. The van der Waals surface area contributed by atoms with Crippen molar-refractivity contribution >= 4 is 17.3 Å². The molecule has 108 valence electrons. The molecule has 0 saturated carbocycles. The maximum Gasteiger partial charge on any atom is 0.262 e. The number of para-hydroxylation sites is 1. The Bertz CT molecular complexity index is 696. The molecule has 0 aliphatic carbocycles. The summed E-state index contributed by atoms with van der Waals surface area (Å²) in [5, 5.41) is 3.09. The molecule has 4 nitrogen and oxygen atoms in total. The van der Waals surface area contributed by atoms with Crippen LogP contribution in [0.4, 0.5) is 11.4 Å². The summed E-state index contributed by atoms with van der Waals surface area (Å²) in [5.74, 6) is 0.00398. The molecule has 1 aromatic heterocycles. The van der Waals surface area contributed by atoms with Gasteiger partial charge in [0.1, 0.15) is 0 Å². The average molecular weight is 281 g/mol. The first-order valence-corrected chi connectivity index (χ1v) is 7.17. The first kappa shape index (κ1) is 13.6. The first-order chi connectivity index (χ1) is 10.1. The van der Waals surface area contributed by atoms with Gasteiger partial charge in [-0.1, -0.05) is 18.2 Å². The summed E-state index contributed by atoms with van der Waals surface area (Å²) in [4.78, 5) is 19.1. The molecule has 3 rings (SSSR count). The monoisotopic (exact) mass is 281 g/mol. The van der Waals surface area contributed by atoms with E-state index in [1.165, 1.54) is 5.56 Å².